The molecule has 3 rings (SSSR count). The maximum atomic E-state index is 12.5. The van der Waals surface area contributed by atoms with Crippen molar-refractivity contribution in [2.75, 3.05) is 11.5 Å². The van der Waals surface area contributed by atoms with E-state index in [1.165, 1.54) is 12.8 Å². The maximum absolute atomic E-state index is 12.5. The Morgan fingerprint density at radius 2 is 2.04 bits per heavy atom. The molecule has 6 heteroatoms. The molecule has 2 bridgehead atoms. The fourth-order valence-electron chi connectivity index (χ4n) is 3.77. The van der Waals surface area contributed by atoms with Crippen LogP contribution < -0.4 is 0 Å². The molecular weight excluding hydrogens is 364 g/mol. The summed E-state index contributed by atoms with van der Waals surface area (Å²) in [5, 5.41) is 11.0. The van der Waals surface area contributed by atoms with Crippen molar-refractivity contribution < 1.29 is 24.4 Å². The molecule has 1 aliphatic carbocycles. The zero-order chi connectivity index (χ0) is 19.5. The molecule has 1 aromatic rings. The number of rotatable bonds is 7. The van der Waals surface area contributed by atoms with Crippen molar-refractivity contribution >= 4 is 17.7 Å². The van der Waals surface area contributed by atoms with Crippen LogP contribution in [0, 0.1) is 5.92 Å². The van der Waals surface area contributed by atoms with E-state index < -0.39 is 29.4 Å². The van der Waals surface area contributed by atoms with E-state index in [0.717, 1.165) is 11.5 Å². The molecule has 0 aromatic heterocycles. The fourth-order valence-corrected chi connectivity index (χ4v) is 5.10. The molecule has 1 heterocycles. The molecule has 0 amide bonds. The second-order valence-corrected chi connectivity index (χ2v) is 9.15. The van der Waals surface area contributed by atoms with Gasteiger partial charge in [0.15, 0.2) is 0 Å². The van der Waals surface area contributed by atoms with E-state index in [0.29, 0.717) is 18.4 Å². The van der Waals surface area contributed by atoms with Crippen LogP contribution in [0.25, 0.3) is 0 Å². The molecular formula is C21H30O5S. The Balaban J connectivity index is 1.69. The zero-order valence-corrected chi connectivity index (χ0v) is 17.2. The monoisotopic (exact) mass is 394 g/mol. The lowest BCUT2D eigenvalue weighted by molar-refractivity contribution is -0.448. The van der Waals surface area contributed by atoms with Crippen molar-refractivity contribution in [1.82, 2.24) is 0 Å². The third-order valence-corrected chi connectivity index (χ3v) is 7.16. The minimum Gasteiger partial charge on any atom is -0.456 e. The fraction of sp³-hybridized carbons (Fsp3) is 0.667. The number of hydrogen-bond acceptors (Lipinski definition) is 6. The van der Waals surface area contributed by atoms with Crippen molar-refractivity contribution in [3.05, 3.63) is 35.9 Å². The largest absolute Gasteiger partial charge is 0.456 e. The molecule has 2 aliphatic rings. The van der Waals surface area contributed by atoms with E-state index in [9.17, 15) is 9.90 Å². The van der Waals surface area contributed by atoms with Crippen LogP contribution in [-0.2, 0) is 14.5 Å². The van der Waals surface area contributed by atoms with Gasteiger partial charge in [0.1, 0.15) is 23.4 Å². The van der Waals surface area contributed by atoms with E-state index in [-0.39, 0.29) is 5.92 Å². The van der Waals surface area contributed by atoms with E-state index in [4.69, 9.17) is 14.5 Å². The Labute approximate surface area is 165 Å². The van der Waals surface area contributed by atoms with Crippen LogP contribution in [0.1, 0.15) is 56.8 Å². The van der Waals surface area contributed by atoms with Gasteiger partial charge in [-0.3, -0.25) is 0 Å². The highest BCUT2D eigenvalue weighted by Gasteiger charge is 2.57. The van der Waals surface area contributed by atoms with Crippen LogP contribution in [0.4, 0.5) is 0 Å². The molecule has 1 N–H and O–H groups in total. The number of thioether (sulfide) groups is 1. The first kappa shape index (κ1) is 20.6. The summed E-state index contributed by atoms with van der Waals surface area (Å²) in [5.41, 5.74) is -1.24. The molecule has 0 unspecified atom stereocenters. The summed E-state index contributed by atoms with van der Waals surface area (Å²) >= 11 is 1.86. The van der Waals surface area contributed by atoms with E-state index >= 15 is 0 Å². The molecule has 1 saturated carbocycles. The third-order valence-electron chi connectivity index (χ3n) is 5.81. The van der Waals surface area contributed by atoms with Crippen LogP contribution in [0.2, 0.25) is 0 Å². The van der Waals surface area contributed by atoms with Gasteiger partial charge < -0.3 is 9.84 Å². The van der Waals surface area contributed by atoms with Gasteiger partial charge in [0, 0.05) is 5.75 Å². The summed E-state index contributed by atoms with van der Waals surface area (Å²) in [6.07, 6.45) is 2.50. The van der Waals surface area contributed by atoms with Crippen LogP contribution >= 0.6 is 11.8 Å². The molecule has 1 aliphatic heterocycles. The summed E-state index contributed by atoms with van der Waals surface area (Å²) in [6, 6.07) is 8.88. The smallest absolute Gasteiger partial charge is 0.338 e. The Morgan fingerprint density at radius 3 is 2.74 bits per heavy atom. The molecule has 2 fully saturated rings. The number of benzene rings is 1. The Kier molecular flexibility index (Phi) is 6.51. The lowest BCUT2D eigenvalue weighted by atomic mass is 9.69. The first-order valence-corrected chi connectivity index (χ1v) is 10.9. The average Bonchev–Trinajstić information content (AvgIpc) is 2.66. The Bertz CT molecular complexity index is 635. The second kappa shape index (κ2) is 8.52. The maximum Gasteiger partial charge on any atom is 0.338 e. The number of carbonyl (C=O) groups is 1. The van der Waals surface area contributed by atoms with Crippen molar-refractivity contribution in [3.8, 4) is 0 Å². The normalized spacial score (nSPS) is 35.6. The van der Waals surface area contributed by atoms with Crippen LogP contribution in [0.3, 0.4) is 0 Å². The average molecular weight is 395 g/mol. The van der Waals surface area contributed by atoms with Crippen LogP contribution in [-0.4, -0.2) is 46.0 Å². The molecule has 27 heavy (non-hydrogen) atoms. The lowest BCUT2D eigenvalue weighted by Crippen LogP contribution is -2.64. The van der Waals surface area contributed by atoms with Gasteiger partial charge in [-0.2, -0.15) is 11.8 Å². The van der Waals surface area contributed by atoms with Crippen molar-refractivity contribution in [2.24, 2.45) is 5.92 Å². The number of aliphatic hydroxyl groups is 1. The third kappa shape index (κ3) is 4.50. The zero-order valence-electron chi connectivity index (χ0n) is 16.3. The number of unbranched alkanes of at least 4 members (excludes halogenated alkanes) is 1. The van der Waals surface area contributed by atoms with Crippen molar-refractivity contribution in [1.29, 1.82) is 0 Å². The van der Waals surface area contributed by atoms with E-state index in [2.05, 4.69) is 13.8 Å². The predicted molar refractivity (Wildman–Crippen MR) is 106 cm³/mol. The van der Waals surface area contributed by atoms with Gasteiger partial charge in [0.05, 0.1) is 5.56 Å². The van der Waals surface area contributed by atoms with Crippen LogP contribution in [0.15, 0.2) is 30.3 Å². The van der Waals surface area contributed by atoms with Gasteiger partial charge >= 0.3 is 5.97 Å². The van der Waals surface area contributed by atoms with Crippen LogP contribution in [0.5, 0.6) is 0 Å². The molecule has 0 spiro atoms. The first-order valence-electron chi connectivity index (χ1n) is 9.77. The molecule has 150 valence electrons. The summed E-state index contributed by atoms with van der Waals surface area (Å²) in [4.78, 5) is 23.9. The van der Waals surface area contributed by atoms with Crippen molar-refractivity contribution in [2.45, 2.75) is 69.9 Å². The van der Waals surface area contributed by atoms with Gasteiger partial charge in [-0.1, -0.05) is 31.5 Å². The number of ether oxygens (including phenoxy) is 1. The summed E-state index contributed by atoms with van der Waals surface area (Å²) in [7, 11) is 0. The SMILES string of the molecule is CCCCSC[C@]1(C)OO[C@H]2C[C@@H]1C[C@H](OC(=O)c1ccccc1)[C@]2(C)O. The molecule has 1 saturated heterocycles. The summed E-state index contributed by atoms with van der Waals surface area (Å²) < 4.78 is 5.73. The number of carbonyl (C=O) groups excluding carboxylic acids is 1. The second-order valence-electron chi connectivity index (χ2n) is 8.04. The van der Waals surface area contributed by atoms with Gasteiger partial charge in [0.25, 0.3) is 0 Å². The highest BCUT2D eigenvalue weighted by atomic mass is 32.2. The first-order chi connectivity index (χ1) is 12.9. The highest BCUT2D eigenvalue weighted by Crippen LogP contribution is 2.47. The topological polar surface area (TPSA) is 65.0 Å². The lowest BCUT2D eigenvalue weighted by Gasteiger charge is -2.53. The number of esters is 1. The quantitative estimate of drug-likeness (QED) is 0.428. The highest BCUT2D eigenvalue weighted by molar-refractivity contribution is 7.99. The van der Waals surface area contributed by atoms with Gasteiger partial charge in [-0.25, -0.2) is 14.6 Å². The summed E-state index contributed by atoms with van der Waals surface area (Å²) in [6.45, 7) is 5.91. The minimum absolute atomic E-state index is 0.166. The molecule has 5 atom stereocenters. The van der Waals surface area contributed by atoms with Gasteiger partial charge in [-0.15, -0.1) is 0 Å². The van der Waals surface area contributed by atoms with E-state index in [1.807, 2.05) is 17.8 Å². The molecule has 5 nitrogen and oxygen atoms in total. The number of fused-ring (bicyclic) bond motifs is 2. The van der Waals surface area contributed by atoms with Gasteiger partial charge in [-0.05, 0) is 56.9 Å². The Morgan fingerprint density at radius 1 is 1.30 bits per heavy atom. The van der Waals surface area contributed by atoms with Crippen molar-refractivity contribution in [3.63, 3.8) is 0 Å². The minimum atomic E-state index is -1.28. The predicted octanol–water partition coefficient (Wildman–Crippen LogP) is 4.00. The van der Waals surface area contributed by atoms with E-state index in [1.54, 1.807) is 31.2 Å². The Hall–Kier alpha value is -1.08. The summed E-state index contributed by atoms with van der Waals surface area (Å²) in [5.74, 6) is 1.67. The number of hydrogen-bond donors (Lipinski definition) is 1. The molecule has 1 aromatic carbocycles. The standard InChI is InChI=1S/C21H30O5S/c1-4-5-11-27-14-20(2)16-12-17(21(3,23)18(13-16)25-26-20)24-19(22)15-9-7-6-8-10-15/h6-10,16-18,23H,4-5,11-14H2,1-3H3/t16-,17-,18-,20-,21-/m0/s1. The van der Waals surface area contributed by atoms with Gasteiger partial charge in [0.2, 0.25) is 0 Å². The molecule has 0 radical (unpaired) electrons.